The third-order valence-electron chi connectivity index (χ3n) is 3.32. The Balaban J connectivity index is 2.09. The number of alkyl halides is 3. The fraction of sp³-hybridized carbons (Fsp3) is 0.333. The number of nitrogens with one attached hydrogen (secondary N) is 2. The maximum atomic E-state index is 13.8. The molecule has 0 radical (unpaired) electrons. The van der Waals surface area contributed by atoms with Crippen LogP contribution in [0.3, 0.4) is 0 Å². The van der Waals surface area contributed by atoms with Gasteiger partial charge in [0, 0.05) is 0 Å². The van der Waals surface area contributed by atoms with Crippen molar-refractivity contribution in [2.45, 2.75) is 26.1 Å². The molecule has 0 saturated heterocycles. The lowest BCUT2D eigenvalue weighted by molar-refractivity contribution is -0.138. The second kappa shape index (κ2) is 6.90. The van der Waals surface area contributed by atoms with Gasteiger partial charge in [-0.3, -0.25) is 4.79 Å². The number of hydrogen-bond acceptors (Lipinski definition) is 3. The van der Waals surface area contributed by atoms with Crippen LogP contribution >= 0.6 is 0 Å². The third kappa shape index (κ3) is 4.24. The largest absolute Gasteiger partial charge is 0.405 e. The van der Waals surface area contributed by atoms with Gasteiger partial charge in [-0.1, -0.05) is 12.1 Å². The Bertz CT molecular complexity index is 727. The van der Waals surface area contributed by atoms with Gasteiger partial charge in [-0.05, 0) is 26.0 Å². The van der Waals surface area contributed by atoms with Gasteiger partial charge in [0.2, 0.25) is 5.91 Å². The van der Waals surface area contributed by atoms with Gasteiger partial charge in [-0.15, -0.1) is 0 Å². The van der Waals surface area contributed by atoms with Gasteiger partial charge in [0.1, 0.15) is 24.1 Å². The number of rotatable bonds is 5. The minimum absolute atomic E-state index is 0.234. The summed E-state index contributed by atoms with van der Waals surface area (Å²) >= 11 is 0. The second-order valence-corrected chi connectivity index (χ2v) is 5.21. The molecule has 2 rings (SSSR count). The molecule has 2 aromatic rings. The number of hydrogen-bond donors (Lipinski definition) is 2. The van der Waals surface area contributed by atoms with Crippen LogP contribution in [0.5, 0.6) is 0 Å². The zero-order valence-corrected chi connectivity index (χ0v) is 13.0. The summed E-state index contributed by atoms with van der Waals surface area (Å²) < 4.78 is 51.5. The minimum atomic E-state index is -4.47. The van der Waals surface area contributed by atoms with E-state index in [1.807, 2.05) is 0 Å². The lowest BCUT2D eigenvalue weighted by atomic mass is 10.2. The number of nitrogens with zero attached hydrogens (tertiary/aromatic N) is 2. The van der Waals surface area contributed by atoms with Crippen LogP contribution < -0.4 is 10.6 Å². The van der Waals surface area contributed by atoms with E-state index < -0.39 is 30.5 Å². The standard InChI is InChI=1S/C15H16F4N4O/c1-9(14(24)20-8-15(17,18)19)22-12-7-21-23(10(12)2)13-6-4-3-5-11(13)16/h3-7,9,22H,8H2,1-2H3,(H,20,24)/t9-/m0/s1. The van der Waals surface area contributed by atoms with Gasteiger partial charge in [0.25, 0.3) is 0 Å². The van der Waals surface area contributed by atoms with Crippen molar-refractivity contribution in [1.29, 1.82) is 0 Å². The molecule has 9 heteroatoms. The Hall–Kier alpha value is -2.58. The van der Waals surface area contributed by atoms with Crippen LogP contribution in [-0.4, -0.2) is 34.5 Å². The summed E-state index contributed by atoms with van der Waals surface area (Å²) in [6.07, 6.45) is -3.09. The lowest BCUT2D eigenvalue weighted by Crippen LogP contribution is -2.42. The zero-order valence-electron chi connectivity index (χ0n) is 13.0. The van der Waals surface area contributed by atoms with E-state index in [4.69, 9.17) is 0 Å². The van der Waals surface area contributed by atoms with Crippen LogP contribution in [0.2, 0.25) is 0 Å². The molecule has 2 N–H and O–H groups in total. The maximum absolute atomic E-state index is 13.8. The van der Waals surface area contributed by atoms with Gasteiger partial charge in [0.05, 0.1) is 17.6 Å². The van der Waals surface area contributed by atoms with E-state index in [0.29, 0.717) is 11.4 Å². The van der Waals surface area contributed by atoms with E-state index in [1.54, 1.807) is 30.4 Å². The number of para-hydroxylation sites is 1. The first-order valence-electron chi connectivity index (χ1n) is 7.09. The molecule has 5 nitrogen and oxygen atoms in total. The van der Waals surface area contributed by atoms with Crippen molar-refractivity contribution >= 4 is 11.6 Å². The quantitative estimate of drug-likeness (QED) is 0.820. The van der Waals surface area contributed by atoms with Crippen molar-refractivity contribution in [3.8, 4) is 5.69 Å². The van der Waals surface area contributed by atoms with Crippen LogP contribution in [-0.2, 0) is 4.79 Å². The number of aromatic nitrogens is 2. The normalized spacial score (nSPS) is 12.8. The Kier molecular flexibility index (Phi) is 5.10. The smallest absolute Gasteiger partial charge is 0.371 e. The van der Waals surface area contributed by atoms with Gasteiger partial charge < -0.3 is 10.6 Å². The van der Waals surface area contributed by atoms with E-state index in [9.17, 15) is 22.4 Å². The summed E-state index contributed by atoms with van der Waals surface area (Å²) in [5.41, 5.74) is 1.18. The SMILES string of the molecule is Cc1c(N[C@@H](C)C(=O)NCC(F)(F)F)cnn1-c1ccccc1F. The predicted molar refractivity (Wildman–Crippen MR) is 80.4 cm³/mol. The third-order valence-corrected chi connectivity index (χ3v) is 3.32. The van der Waals surface area contributed by atoms with Crippen LogP contribution in [0.15, 0.2) is 30.5 Å². The van der Waals surface area contributed by atoms with E-state index in [-0.39, 0.29) is 5.69 Å². The summed E-state index contributed by atoms with van der Waals surface area (Å²) in [7, 11) is 0. The van der Waals surface area contributed by atoms with E-state index in [0.717, 1.165) is 0 Å². The molecule has 0 bridgehead atoms. The van der Waals surface area contributed by atoms with Crippen molar-refractivity contribution < 1.29 is 22.4 Å². The Morgan fingerprint density at radius 1 is 1.33 bits per heavy atom. The molecule has 1 amide bonds. The van der Waals surface area contributed by atoms with Gasteiger partial charge >= 0.3 is 6.18 Å². The maximum Gasteiger partial charge on any atom is 0.405 e. The summed E-state index contributed by atoms with van der Waals surface area (Å²) in [5.74, 6) is -1.27. The van der Waals surface area contributed by atoms with Gasteiger partial charge in [0.15, 0.2) is 0 Å². The number of carbonyl (C=O) groups excluding carboxylic acids is 1. The van der Waals surface area contributed by atoms with Crippen LogP contribution in [0.25, 0.3) is 5.69 Å². The van der Waals surface area contributed by atoms with Crippen LogP contribution in [0, 0.1) is 12.7 Å². The van der Waals surface area contributed by atoms with Crippen molar-refractivity contribution in [2.75, 3.05) is 11.9 Å². The highest BCUT2D eigenvalue weighted by Crippen LogP contribution is 2.21. The van der Waals surface area contributed by atoms with Gasteiger partial charge in [-0.25, -0.2) is 9.07 Å². The molecule has 1 aromatic carbocycles. The first-order chi connectivity index (χ1) is 11.2. The number of amides is 1. The first-order valence-corrected chi connectivity index (χ1v) is 7.09. The lowest BCUT2D eigenvalue weighted by Gasteiger charge is -2.16. The van der Waals surface area contributed by atoms with E-state index >= 15 is 0 Å². The Morgan fingerprint density at radius 3 is 2.62 bits per heavy atom. The van der Waals surface area contributed by atoms with Crippen molar-refractivity contribution in [2.24, 2.45) is 0 Å². The summed E-state index contributed by atoms with van der Waals surface area (Å²) in [4.78, 5) is 11.7. The molecule has 0 saturated carbocycles. The highest BCUT2D eigenvalue weighted by Gasteiger charge is 2.28. The highest BCUT2D eigenvalue weighted by molar-refractivity contribution is 5.84. The molecule has 0 aliphatic heterocycles. The zero-order chi connectivity index (χ0) is 17.9. The average Bonchev–Trinajstić information content (AvgIpc) is 2.85. The monoisotopic (exact) mass is 344 g/mol. The van der Waals surface area contributed by atoms with Crippen LogP contribution in [0.1, 0.15) is 12.6 Å². The van der Waals surface area contributed by atoms with Gasteiger partial charge in [-0.2, -0.15) is 18.3 Å². The Morgan fingerprint density at radius 2 is 2.00 bits per heavy atom. The second-order valence-electron chi connectivity index (χ2n) is 5.21. The summed E-state index contributed by atoms with van der Waals surface area (Å²) in [6.45, 7) is 1.68. The summed E-state index contributed by atoms with van der Waals surface area (Å²) in [6, 6.07) is 5.11. The van der Waals surface area contributed by atoms with Crippen molar-refractivity contribution in [3.63, 3.8) is 0 Å². The Labute approximate surface area is 135 Å². The number of halogens is 4. The highest BCUT2D eigenvalue weighted by atomic mass is 19.4. The molecule has 0 aliphatic rings. The number of carbonyl (C=O) groups is 1. The molecule has 1 atom stereocenters. The van der Waals surface area contributed by atoms with E-state index in [2.05, 4.69) is 10.4 Å². The topological polar surface area (TPSA) is 59.0 Å². The molecule has 1 heterocycles. The summed E-state index contributed by atoms with van der Waals surface area (Å²) in [5, 5.41) is 8.61. The molecule has 0 spiro atoms. The average molecular weight is 344 g/mol. The molecule has 1 aromatic heterocycles. The molecule has 0 unspecified atom stereocenters. The molecule has 0 fully saturated rings. The number of anilines is 1. The molecule has 130 valence electrons. The van der Waals surface area contributed by atoms with Crippen molar-refractivity contribution in [1.82, 2.24) is 15.1 Å². The van der Waals surface area contributed by atoms with Crippen molar-refractivity contribution in [3.05, 3.63) is 42.0 Å². The minimum Gasteiger partial charge on any atom is -0.371 e. The molecule has 24 heavy (non-hydrogen) atoms. The molecular weight excluding hydrogens is 328 g/mol. The fourth-order valence-corrected chi connectivity index (χ4v) is 2.06. The van der Waals surface area contributed by atoms with E-state index in [1.165, 1.54) is 23.9 Å². The number of benzene rings is 1. The first kappa shape index (κ1) is 17.8. The molecular formula is C15H16F4N4O. The predicted octanol–water partition coefficient (Wildman–Crippen LogP) is 2.80. The van der Waals surface area contributed by atoms with Crippen LogP contribution in [0.4, 0.5) is 23.2 Å². The fourth-order valence-electron chi connectivity index (χ4n) is 2.06. The molecule has 0 aliphatic carbocycles.